The largest absolute Gasteiger partial charge is 0.311 e. The van der Waals surface area contributed by atoms with E-state index in [9.17, 15) is 0 Å². The number of hydrogen-bond acceptors (Lipinski definition) is 2. The fourth-order valence-electron chi connectivity index (χ4n) is 3.91. The molecule has 2 aliphatic heterocycles. The maximum Gasteiger partial charge on any atom is 0.0775 e. The predicted molar refractivity (Wildman–Crippen MR) is 93.9 cm³/mol. The minimum absolute atomic E-state index is 0.764. The molecule has 21 heavy (non-hydrogen) atoms. The van der Waals surface area contributed by atoms with Crippen molar-refractivity contribution in [1.82, 2.24) is 10.2 Å². The maximum absolute atomic E-state index is 3.74. The summed E-state index contributed by atoms with van der Waals surface area (Å²) in [5.41, 5.74) is 1.46. The van der Waals surface area contributed by atoms with E-state index in [1.165, 1.54) is 31.2 Å². The summed E-state index contributed by atoms with van der Waals surface area (Å²) < 4.78 is 0. The molecular formula is C18H30N2Si. The Morgan fingerprint density at radius 1 is 1.05 bits per heavy atom. The predicted octanol–water partition coefficient (Wildman–Crippen LogP) is 2.95. The van der Waals surface area contributed by atoms with Crippen LogP contribution in [0.15, 0.2) is 24.3 Å². The molecule has 2 saturated heterocycles. The number of rotatable bonds is 4. The molecule has 2 unspecified atom stereocenters. The monoisotopic (exact) mass is 302 g/mol. The Labute approximate surface area is 130 Å². The number of nitrogens with zero attached hydrogens (tertiary/aromatic N) is 1. The van der Waals surface area contributed by atoms with Gasteiger partial charge in [-0.25, -0.2) is 0 Å². The smallest absolute Gasteiger partial charge is 0.0775 e. The average molecular weight is 303 g/mol. The Balaban J connectivity index is 1.61. The van der Waals surface area contributed by atoms with Crippen LogP contribution in [-0.4, -0.2) is 38.1 Å². The van der Waals surface area contributed by atoms with E-state index in [2.05, 4.69) is 61.2 Å². The quantitative estimate of drug-likeness (QED) is 0.860. The van der Waals surface area contributed by atoms with Crippen molar-refractivity contribution in [3.63, 3.8) is 0 Å². The first-order chi connectivity index (χ1) is 9.91. The third kappa shape index (κ3) is 3.58. The number of fused-ring (bicyclic) bond motifs is 2. The van der Waals surface area contributed by atoms with Crippen LogP contribution in [0.5, 0.6) is 0 Å². The molecule has 0 radical (unpaired) electrons. The van der Waals surface area contributed by atoms with Crippen LogP contribution in [0.25, 0.3) is 0 Å². The molecule has 1 aromatic rings. The van der Waals surface area contributed by atoms with Gasteiger partial charge >= 0.3 is 0 Å². The molecule has 1 aromatic carbocycles. The van der Waals surface area contributed by atoms with E-state index in [4.69, 9.17) is 0 Å². The first kappa shape index (κ1) is 15.3. The van der Waals surface area contributed by atoms with Gasteiger partial charge in [-0.3, -0.25) is 4.90 Å². The molecule has 2 atom stereocenters. The van der Waals surface area contributed by atoms with Crippen molar-refractivity contribution < 1.29 is 0 Å². The van der Waals surface area contributed by atoms with Crippen LogP contribution < -0.4 is 10.5 Å². The SMILES string of the molecule is CN(Cc1ccc([Si](C)(C)C)cc1)C1CC2CCC(C1)N2. The summed E-state index contributed by atoms with van der Waals surface area (Å²) in [6.45, 7) is 8.34. The second-order valence-corrected chi connectivity index (χ2v) is 13.2. The van der Waals surface area contributed by atoms with Crippen molar-refractivity contribution in [1.29, 1.82) is 0 Å². The van der Waals surface area contributed by atoms with Crippen LogP contribution in [-0.2, 0) is 6.54 Å². The fraction of sp³-hybridized carbons (Fsp3) is 0.667. The number of piperidine rings is 1. The van der Waals surface area contributed by atoms with Crippen LogP contribution >= 0.6 is 0 Å². The van der Waals surface area contributed by atoms with Crippen molar-refractivity contribution in [2.75, 3.05) is 7.05 Å². The van der Waals surface area contributed by atoms with Gasteiger partial charge in [-0.05, 0) is 38.3 Å². The van der Waals surface area contributed by atoms with Gasteiger partial charge in [0.05, 0.1) is 8.07 Å². The molecule has 116 valence electrons. The average Bonchev–Trinajstić information content (AvgIpc) is 2.77. The normalized spacial score (nSPS) is 29.1. The van der Waals surface area contributed by atoms with Gasteiger partial charge in [-0.2, -0.15) is 0 Å². The molecule has 0 spiro atoms. The summed E-state index contributed by atoms with van der Waals surface area (Å²) in [5, 5.41) is 5.30. The van der Waals surface area contributed by atoms with Crippen molar-refractivity contribution in [3.05, 3.63) is 29.8 Å². The third-order valence-electron chi connectivity index (χ3n) is 5.32. The van der Waals surface area contributed by atoms with E-state index in [1.54, 1.807) is 5.19 Å². The van der Waals surface area contributed by atoms with Gasteiger partial charge in [0, 0.05) is 24.7 Å². The highest BCUT2D eigenvalue weighted by Crippen LogP contribution is 2.29. The van der Waals surface area contributed by atoms with Crippen molar-refractivity contribution in [3.8, 4) is 0 Å². The van der Waals surface area contributed by atoms with E-state index < -0.39 is 8.07 Å². The second-order valence-electron chi connectivity index (χ2n) is 8.13. The maximum atomic E-state index is 3.74. The highest BCUT2D eigenvalue weighted by molar-refractivity contribution is 6.88. The fourth-order valence-corrected chi connectivity index (χ4v) is 5.08. The van der Waals surface area contributed by atoms with Gasteiger partial charge < -0.3 is 5.32 Å². The van der Waals surface area contributed by atoms with Crippen molar-refractivity contribution >= 4 is 13.3 Å². The van der Waals surface area contributed by atoms with E-state index in [1.807, 2.05) is 0 Å². The lowest BCUT2D eigenvalue weighted by Crippen LogP contribution is -2.46. The highest BCUT2D eigenvalue weighted by Gasteiger charge is 2.34. The molecule has 2 aliphatic rings. The lowest BCUT2D eigenvalue weighted by molar-refractivity contribution is 0.166. The zero-order valence-corrected chi connectivity index (χ0v) is 15.0. The number of benzene rings is 1. The molecule has 0 amide bonds. The van der Waals surface area contributed by atoms with Gasteiger partial charge in [0.25, 0.3) is 0 Å². The Hall–Kier alpha value is -0.643. The topological polar surface area (TPSA) is 15.3 Å². The minimum atomic E-state index is -1.16. The molecule has 1 N–H and O–H groups in total. The molecule has 0 saturated carbocycles. The van der Waals surface area contributed by atoms with Crippen molar-refractivity contribution in [2.24, 2.45) is 0 Å². The zero-order valence-electron chi connectivity index (χ0n) is 14.0. The molecule has 2 heterocycles. The Kier molecular flexibility index (Phi) is 4.26. The number of hydrogen-bond donors (Lipinski definition) is 1. The van der Waals surface area contributed by atoms with Gasteiger partial charge in [0.15, 0.2) is 0 Å². The first-order valence-electron chi connectivity index (χ1n) is 8.47. The standard InChI is InChI=1S/C18H30N2Si/c1-20(17-11-15-7-8-16(12-17)19-15)13-14-5-9-18(10-6-14)21(2,3)4/h5-6,9-10,15-17,19H,7-8,11-13H2,1-4H3. The summed E-state index contributed by atoms with van der Waals surface area (Å²) in [7, 11) is 1.15. The van der Waals surface area contributed by atoms with Gasteiger partial charge in [-0.1, -0.05) is 49.1 Å². The van der Waals surface area contributed by atoms with Gasteiger partial charge in [0.1, 0.15) is 0 Å². The van der Waals surface area contributed by atoms with E-state index in [0.717, 1.165) is 24.7 Å². The molecule has 2 fully saturated rings. The Morgan fingerprint density at radius 2 is 1.62 bits per heavy atom. The van der Waals surface area contributed by atoms with Crippen LogP contribution in [0, 0.1) is 0 Å². The lowest BCUT2D eigenvalue weighted by Gasteiger charge is -2.35. The third-order valence-corrected chi connectivity index (χ3v) is 7.39. The van der Waals surface area contributed by atoms with Gasteiger partial charge in [0.2, 0.25) is 0 Å². The Morgan fingerprint density at radius 3 is 2.14 bits per heavy atom. The van der Waals surface area contributed by atoms with E-state index in [-0.39, 0.29) is 0 Å². The molecular weight excluding hydrogens is 272 g/mol. The Bertz CT molecular complexity index is 465. The van der Waals surface area contributed by atoms with Crippen LogP contribution in [0.3, 0.4) is 0 Å². The number of nitrogens with one attached hydrogen (secondary N) is 1. The molecule has 3 heteroatoms. The van der Waals surface area contributed by atoms with Crippen molar-refractivity contribution in [2.45, 2.75) is 70.0 Å². The van der Waals surface area contributed by atoms with Crippen LogP contribution in [0.2, 0.25) is 19.6 Å². The molecule has 2 nitrogen and oxygen atoms in total. The van der Waals surface area contributed by atoms with Crippen LogP contribution in [0.1, 0.15) is 31.2 Å². The van der Waals surface area contributed by atoms with E-state index in [0.29, 0.717) is 0 Å². The van der Waals surface area contributed by atoms with E-state index >= 15 is 0 Å². The summed E-state index contributed by atoms with van der Waals surface area (Å²) in [6, 6.07) is 11.7. The summed E-state index contributed by atoms with van der Waals surface area (Å²) >= 11 is 0. The first-order valence-corrected chi connectivity index (χ1v) is 12.0. The highest BCUT2D eigenvalue weighted by atomic mass is 28.3. The van der Waals surface area contributed by atoms with Gasteiger partial charge in [-0.15, -0.1) is 0 Å². The summed E-state index contributed by atoms with van der Waals surface area (Å²) in [6.07, 6.45) is 5.44. The zero-order chi connectivity index (χ0) is 15.0. The van der Waals surface area contributed by atoms with Crippen LogP contribution in [0.4, 0.5) is 0 Å². The molecule has 0 aliphatic carbocycles. The lowest BCUT2D eigenvalue weighted by atomic mass is 9.98. The molecule has 2 bridgehead atoms. The minimum Gasteiger partial charge on any atom is -0.311 e. The summed E-state index contributed by atoms with van der Waals surface area (Å²) in [5.74, 6) is 0. The summed E-state index contributed by atoms with van der Waals surface area (Å²) in [4.78, 5) is 2.58. The molecule has 0 aromatic heterocycles. The second kappa shape index (κ2) is 5.86. The molecule has 3 rings (SSSR count).